The van der Waals surface area contributed by atoms with Crippen LogP contribution < -0.4 is 10.6 Å². The van der Waals surface area contributed by atoms with Gasteiger partial charge < -0.3 is 20.3 Å². The molecule has 1 aromatic carbocycles. The van der Waals surface area contributed by atoms with Crippen LogP contribution in [-0.2, 0) is 14.3 Å². The van der Waals surface area contributed by atoms with Gasteiger partial charge in [-0.15, -0.1) is 11.3 Å². The third-order valence-corrected chi connectivity index (χ3v) is 7.32. The molecule has 0 bridgehead atoms. The summed E-state index contributed by atoms with van der Waals surface area (Å²) in [4.78, 5) is 48.8. The van der Waals surface area contributed by atoms with E-state index in [0.717, 1.165) is 11.3 Å². The molecule has 2 N–H and O–H groups in total. The molecule has 11 heteroatoms. The molecule has 3 aromatic rings. The number of amides is 2. The summed E-state index contributed by atoms with van der Waals surface area (Å²) in [6.45, 7) is 3.44. The molecule has 2 fully saturated rings. The summed E-state index contributed by atoms with van der Waals surface area (Å²) in [7, 11) is 0. The Labute approximate surface area is 223 Å². The van der Waals surface area contributed by atoms with E-state index in [2.05, 4.69) is 20.6 Å². The van der Waals surface area contributed by atoms with Crippen LogP contribution in [-0.4, -0.2) is 70.0 Å². The topological polar surface area (TPSA) is 114 Å². The molecule has 2 amide bonds. The van der Waals surface area contributed by atoms with Crippen LogP contribution in [0.15, 0.2) is 54.0 Å². The average Bonchev–Trinajstić information content (AvgIpc) is 3.61. The summed E-state index contributed by atoms with van der Waals surface area (Å²) in [5.74, 6) is -0.419. The molecule has 4 atom stereocenters. The zero-order valence-electron chi connectivity index (χ0n) is 21.0. The largest absolute Gasteiger partial charge is 0.365 e. The van der Waals surface area contributed by atoms with Crippen LogP contribution in [0.4, 0.5) is 15.3 Å². The van der Waals surface area contributed by atoms with Gasteiger partial charge in [0.05, 0.1) is 12.2 Å². The number of nitrogens with one attached hydrogen (secondary N) is 2. The number of benzene rings is 1. The first kappa shape index (κ1) is 25.9. The molecule has 2 aliphatic heterocycles. The van der Waals surface area contributed by atoms with Gasteiger partial charge in [0.1, 0.15) is 36.8 Å². The number of hydrogen-bond acceptors (Lipinski definition) is 8. The van der Waals surface area contributed by atoms with Gasteiger partial charge in [0.2, 0.25) is 5.91 Å². The molecule has 0 saturated carbocycles. The van der Waals surface area contributed by atoms with E-state index in [1.165, 1.54) is 16.2 Å². The van der Waals surface area contributed by atoms with E-state index < -0.39 is 36.2 Å². The quantitative estimate of drug-likeness (QED) is 0.451. The van der Waals surface area contributed by atoms with E-state index in [4.69, 9.17) is 4.74 Å². The molecule has 2 aliphatic rings. The Balaban J connectivity index is 1.26. The van der Waals surface area contributed by atoms with Crippen LogP contribution in [0.3, 0.4) is 0 Å². The number of fused-ring (bicyclic) bond motifs is 1. The van der Waals surface area contributed by atoms with E-state index >= 15 is 0 Å². The number of ketones is 1. The SMILES string of the molecule is CC(C)C[C@H](NC(=O)c1ccc(-c2csc(Nc3ccccn3)n2)cc1)C(=O)N1C[C@H](F)[C@H]2OCC(=O)[C@H]21. The summed E-state index contributed by atoms with van der Waals surface area (Å²) < 4.78 is 19.7. The minimum absolute atomic E-state index is 0.0836. The lowest BCUT2D eigenvalue weighted by Gasteiger charge is -2.28. The summed E-state index contributed by atoms with van der Waals surface area (Å²) >= 11 is 1.44. The number of nitrogens with zero attached hydrogens (tertiary/aromatic N) is 3. The maximum absolute atomic E-state index is 14.4. The maximum atomic E-state index is 14.4. The Morgan fingerprint density at radius 2 is 2.00 bits per heavy atom. The van der Waals surface area contributed by atoms with Crippen LogP contribution in [0.5, 0.6) is 0 Å². The van der Waals surface area contributed by atoms with Crippen LogP contribution in [0.25, 0.3) is 11.3 Å². The number of rotatable bonds is 8. The lowest BCUT2D eigenvalue weighted by molar-refractivity contribution is -0.138. The van der Waals surface area contributed by atoms with Crippen LogP contribution >= 0.6 is 11.3 Å². The van der Waals surface area contributed by atoms with E-state index in [1.807, 2.05) is 37.4 Å². The lowest BCUT2D eigenvalue weighted by atomic mass is 10.0. The van der Waals surface area contributed by atoms with E-state index in [0.29, 0.717) is 22.9 Å². The second-order valence-corrected chi connectivity index (χ2v) is 10.7. The zero-order valence-corrected chi connectivity index (χ0v) is 21.8. The number of alkyl halides is 1. The van der Waals surface area contributed by atoms with Crippen molar-refractivity contribution in [2.75, 3.05) is 18.5 Å². The maximum Gasteiger partial charge on any atom is 0.251 e. The average molecular weight is 538 g/mol. The number of carbonyl (C=O) groups excluding carboxylic acids is 3. The lowest BCUT2D eigenvalue weighted by Crippen LogP contribution is -2.52. The fourth-order valence-corrected chi connectivity index (χ4v) is 5.49. The molecule has 0 unspecified atom stereocenters. The fourth-order valence-electron chi connectivity index (χ4n) is 4.76. The molecule has 5 rings (SSSR count). The smallest absolute Gasteiger partial charge is 0.251 e. The molecule has 38 heavy (non-hydrogen) atoms. The normalized spacial score (nSPS) is 21.4. The van der Waals surface area contributed by atoms with E-state index in [-0.39, 0.29) is 24.9 Å². The Morgan fingerprint density at radius 3 is 2.71 bits per heavy atom. The number of anilines is 2. The Hall–Kier alpha value is -3.70. The van der Waals surface area contributed by atoms with Crippen LogP contribution in [0, 0.1) is 5.92 Å². The number of pyridine rings is 1. The summed E-state index contributed by atoms with van der Waals surface area (Å²) in [6, 6.07) is 10.7. The molecule has 9 nitrogen and oxygen atoms in total. The third kappa shape index (κ3) is 5.44. The number of thiazole rings is 1. The molecule has 0 spiro atoms. The number of carbonyl (C=O) groups is 3. The summed E-state index contributed by atoms with van der Waals surface area (Å²) in [5, 5.41) is 8.57. The molecule has 198 valence electrons. The summed E-state index contributed by atoms with van der Waals surface area (Å²) in [5.41, 5.74) is 1.96. The van der Waals surface area contributed by atoms with Crippen molar-refractivity contribution in [3.05, 3.63) is 59.6 Å². The van der Waals surface area contributed by atoms with Crippen molar-refractivity contribution in [1.82, 2.24) is 20.2 Å². The van der Waals surface area contributed by atoms with Crippen molar-refractivity contribution in [3.63, 3.8) is 0 Å². The van der Waals surface area contributed by atoms with Crippen LogP contribution in [0.1, 0.15) is 30.6 Å². The minimum Gasteiger partial charge on any atom is -0.365 e. The van der Waals surface area contributed by atoms with E-state index in [9.17, 15) is 18.8 Å². The molecule has 2 aromatic heterocycles. The van der Waals surface area contributed by atoms with Gasteiger partial charge in [0, 0.05) is 22.7 Å². The van der Waals surface area contributed by atoms with Gasteiger partial charge >= 0.3 is 0 Å². The zero-order chi connectivity index (χ0) is 26.8. The predicted octanol–water partition coefficient (Wildman–Crippen LogP) is 3.61. The third-order valence-electron chi connectivity index (χ3n) is 6.56. The predicted molar refractivity (Wildman–Crippen MR) is 141 cm³/mol. The number of likely N-dealkylation sites (tertiary alicyclic amines) is 1. The number of Topliss-reactive ketones (excluding diaryl/α,β-unsaturated/α-hetero) is 1. The molecular weight excluding hydrogens is 509 g/mol. The number of hydrogen-bond donors (Lipinski definition) is 2. The van der Waals surface area contributed by atoms with Crippen LogP contribution in [0.2, 0.25) is 0 Å². The van der Waals surface area contributed by atoms with Crippen molar-refractivity contribution in [2.45, 2.75) is 44.6 Å². The fraction of sp³-hybridized carbons (Fsp3) is 0.370. The van der Waals surface area contributed by atoms with Gasteiger partial charge in [-0.2, -0.15) is 0 Å². The molecule has 0 aliphatic carbocycles. The van der Waals surface area contributed by atoms with Crippen molar-refractivity contribution in [3.8, 4) is 11.3 Å². The number of ether oxygens (including phenoxy) is 1. The first-order valence-electron chi connectivity index (χ1n) is 12.4. The van der Waals surface area contributed by atoms with Crippen molar-refractivity contribution >= 4 is 39.9 Å². The second-order valence-electron chi connectivity index (χ2n) is 9.80. The molecule has 0 radical (unpaired) electrons. The Morgan fingerprint density at radius 1 is 1.21 bits per heavy atom. The van der Waals surface area contributed by atoms with Gasteiger partial charge in [-0.05, 0) is 36.6 Å². The first-order chi connectivity index (χ1) is 18.3. The van der Waals surface area contributed by atoms with Gasteiger partial charge in [0.25, 0.3) is 5.91 Å². The van der Waals surface area contributed by atoms with Gasteiger partial charge in [-0.25, -0.2) is 14.4 Å². The number of halogens is 1. The van der Waals surface area contributed by atoms with Crippen molar-refractivity contribution < 1.29 is 23.5 Å². The highest BCUT2D eigenvalue weighted by atomic mass is 32.1. The Bertz CT molecular complexity index is 1320. The second kappa shape index (κ2) is 11.0. The van der Waals surface area contributed by atoms with E-state index in [1.54, 1.807) is 30.5 Å². The highest BCUT2D eigenvalue weighted by Crippen LogP contribution is 2.31. The minimum atomic E-state index is -1.43. The van der Waals surface area contributed by atoms with Crippen molar-refractivity contribution in [1.29, 1.82) is 0 Å². The first-order valence-corrected chi connectivity index (χ1v) is 13.3. The Kier molecular flexibility index (Phi) is 7.48. The molecule has 4 heterocycles. The highest BCUT2D eigenvalue weighted by Gasteiger charge is 2.53. The van der Waals surface area contributed by atoms with Crippen molar-refractivity contribution in [2.24, 2.45) is 5.92 Å². The number of aromatic nitrogens is 2. The van der Waals surface area contributed by atoms with Gasteiger partial charge in [-0.3, -0.25) is 14.4 Å². The molecular formula is C27H28FN5O4S. The van der Waals surface area contributed by atoms with Gasteiger partial charge in [-0.1, -0.05) is 32.0 Å². The highest BCUT2D eigenvalue weighted by molar-refractivity contribution is 7.14. The molecule has 2 saturated heterocycles. The standard InChI is InChI=1S/C27H28FN5O4S/c1-15(2)11-19(26(36)33-12-18(28)24-23(33)21(34)13-37-24)30-25(35)17-8-6-16(7-9-17)20-14-38-27(31-20)32-22-5-3-4-10-29-22/h3-10,14-15,18-19,23-24H,11-13H2,1-2H3,(H,30,35)(H,29,31,32)/t18-,19-,23+,24+/m0/s1. The summed E-state index contributed by atoms with van der Waals surface area (Å²) in [6.07, 6.45) is -0.307. The monoisotopic (exact) mass is 537 g/mol. The van der Waals surface area contributed by atoms with Gasteiger partial charge in [0.15, 0.2) is 10.9 Å².